The molecule has 0 aliphatic rings. The third-order valence-corrected chi connectivity index (χ3v) is 4.57. The number of nitrogens with zero attached hydrogens (tertiary/aromatic N) is 2. The van der Waals surface area contributed by atoms with Crippen LogP contribution in [0.3, 0.4) is 0 Å². The number of hydrogen-bond donors (Lipinski definition) is 2. The number of halogens is 1. The number of benzene rings is 2. The van der Waals surface area contributed by atoms with Crippen molar-refractivity contribution in [2.75, 3.05) is 11.1 Å². The number of aromatic amines is 1. The minimum absolute atomic E-state index is 0.0974. The first-order chi connectivity index (χ1) is 11.6. The van der Waals surface area contributed by atoms with Crippen LogP contribution in [0, 0.1) is 6.92 Å². The zero-order valence-electron chi connectivity index (χ0n) is 12.9. The number of rotatable bonds is 5. The van der Waals surface area contributed by atoms with E-state index in [2.05, 4.69) is 36.4 Å². The van der Waals surface area contributed by atoms with E-state index in [1.807, 2.05) is 55.5 Å². The Kier molecular flexibility index (Phi) is 5.32. The highest BCUT2D eigenvalue weighted by Crippen LogP contribution is 2.20. The van der Waals surface area contributed by atoms with Gasteiger partial charge in [0.05, 0.1) is 5.75 Å². The maximum absolute atomic E-state index is 12.0. The molecule has 122 valence electrons. The molecule has 0 atom stereocenters. The summed E-state index contributed by atoms with van der Waals surface area (Å²) in [5.74, 6) is 0.849. The third-order valence-electron chi connectivity index (χ3n) is 3.23. The van der Waals surface area contributed by atoms with E-state index in [1.165, 1.54) is 17.3 Å². The average Bonchev–Trinajstić information content (AvgIpc) is 3.03. The van der Waals surface area contributed by atoms with Crippen LogP contribution in [0.15, 0.2) is 58.2 Å². The fourth-order valence-corrected chi connectivity index (χ4v) is 3.04. The van der Waals surface area contributed by atoms with Gasteiger partial charge in [0.15, 0.2) is 5.82 Å². The lowest BCUT2D eigenvalue weighted by Gasteiger charge is -2.04. The normalized spacial score (nSPS) is 10.6. The van der Waals surface area contributed by atoms with Gasteiger partial charge in [-0.25, -0.2) is 4.98 Å². The summed E-state index contributed by atoms with van der Waals surface area (Å²) in [7, 11) is 0. The predicted octanol–water partition coefficient (Wildman–Crippen LogP) is 4.27. The molecule has 5 nitrogen and oxygen atoms in total. The molecule has 0 saturated heterocycles. The Balaban J connectivity index is 1.57. The third kappa shape index (κ3) is 4.46. The Morgan fingerprint density at radius 2 is 2.04 bits per heavy atom. The minimum atomic E-state index is -0.0974. The number of amides is 1. The topological polar surface area (TPSA) is 70.7 Å². The van der Waals surface area contributed by atoms with Gasteiger partial charge in [0, 0.05) is 15.7 Å². The molecule has 7 heteroatoms. The van der Waals surface area contributed by atoms with Crippen molar-refractivity contribution in [2.45, 2.75) is 12.1 Å². The molecule has 3 aromatic rings. The molecule has 2 aromatic carbocycles. The number of thioether (sulfide) groups is 1. The van der Waals surface area contributed by atoms with E-state index in [1.54, 1.807) is 0 Å². The predicted molar refractivity (Wildman–Crippen MR) is 100 cm³/mol. The summed E-state index contributed by atoms with van der Waals surface area (Å²) < 4.78 is 0.921. The summed E-state index contributed by atoms with van der Waals surface area (Å²) in [5, 5.41) is 10.4. The van der Waals surface area contributed by atoms with E-state index in [0.29, 0.717) is 11.0 Å². The van der Waals surface area contributed by atoms with Crippen molar-refractivity contribution in [2.24, 2.45) is 0 Å². The summed E-state index contributed by atoms with van der Waals surface area (Å²) in [6.07, 6.45) is 0. The SMILES string of the molecule is Cc1ccc(-c2nc(SCC(=O)Nc3cccc(Br)c3)n[nH]2)cc1. The molecule has 0 aliphatic heterocycles. The smallest absolute Gasteiger partial charge is 0.234 e. The maximum Gasteiger partial charge on any atom is 0.234 e. The van der Waals surface area contributed by atoms with Crippen LogP contribution in [0.4, 0.5) is 5.69 Å². The van der Waals surface area contributed by atoms with Gasteiger partial charge in [-0.15, -0.1) is 5.10 Å². The molecule has 3 rings (SSSR count). The van der Waals surface area contributed by atoms with Crippen molar-refractivity contribution in [3.8, 4) is 11.4 Å². The van der Waals surface area contributed by atoms with Crippen molar-refractivity contribution in [3.63, 3.8) is 0 Å². The van der Waals surface area contributed by atoms with Gasteiger partial charge in [-0.2, -0.15) is 0 Å². The maximum atomic E-state index is 12.0. The van der Waals surface area contributed by atoms with Gasteiger partial charge >= 0.3 is 0 Å². The van der Waals surface area contributed by atoms with Crippen LogP contribution in [0.1, 0.15) is 5.56 Å². The number of aryl methyl sites for hydroxylation is 1. The van der Waals surface area contributed by atoms with E-state index in [4.69, 9.17) is 0 Å². The number of carbonyl (C=O) groups is 1. The second kappa shape index (κ2) is 7.63. The molecule has 0 unspecified atom stereocenters. The highest BCUT2D eigenvalue weighted by Gasteiger charge is 2.09. The van der Waals surface area contributed by atoms with Crippen LogP contribution in [0.25, 0.3) is 11.4 Å². The second-order valence-corrected chi connectivity index (χ2v) is 7.04. The number of anilines is 1. The molecule has 0 bridgehead atoms. The Bertz CT molecular complexity index is 848. The van der Waals surface area contributed by atoms with Gasteiger partial charge in [-0.05, 0) is 25.1 Å². The van der Waals surface area contributed by atoms with Gasteiger partial charge in [-0.3, -0.25) is 9.89 Å². The van der Waals surface area contributed by atoms with Gasteiger partial charge in [0.2, 0.25) is 11.1 Å². The summed E-state index contributed by atoms with van der Waals surface area (Å²) in [6, 6.07) is 15.5. The van der Waals surface area contributed by atoms with Crippen molar-refractivity contribution in [1.82, 2.24) is 15.2 Å². The van der Waals surface area contributed by atoms with Crippen molar-refractivity contribution >= 4 is 39.3 Å². The van der Waals surface area contributed by atoms with Crippen molar-refractivity contribution in [1.29, 1.82) is 0 Å². The fraction of sp³-hybridized carbons (Fsp3) is 0.118. The average molecular weight is 403 g/mol. The molecule has 1 aromatic heterocycles. The largest absolute Gasteiger partial charge is 0.325 e. The zero-order valence-corrected chi connectivity index (χ0v) is 15.3. The Labute approximate surface area is 152 Å². The van der Waals surface area contributed by atoms with Crippen LogP contribution in [-0.2, 0) is 4.79 Å². The van der Waals surface area contributed by atoms with E-state index in [9.17, 15) is 4.79 Å². The highest BCUT2D eigenvalue weighted by atomic mass is 79.9. The molecule has 0 fully saturated rings. The summed E-state index contributed by atoms with van der Waals surface area (Å²) in [5.41, 5.74) is 2.92. The number of aromatic nitrogens is 3. The van der Waals surface area contributed by atoms with Crippen molar-refractivity contribution in [3.05, 3.63) is 58.6 Å². The molecule has 1 amide bonds. The van der Waals surface area contributed by atoms with Gasteiger partial charge in [0.25, 0.3) is 0 Å². The summed E-state index contributed by atoms with van der Waals surface area (Å²) >= 11 is 4.67. The number of nitrogens with one attached hydrogen (secondary N) is 2. The monoisotopic (exact) mass is 402 g/mol. The second-order valence-electron chi connectivity index (χ2n) is 5.18. The number of H-pyrrole nitrogens is 1. The number of carbonyl (C=O) groups excluding carboxylic acids is 1. The van der Waals surface area contributed by atoms with Gasteiger partial charge in [-0.1, -0.05) is 63.6 Å². The first-order valence-corrected chi connectivity index (χ1v) is 9.06. The van der Waals surface area contributed by atoms with E-state index in [-0.39, 0.29) is 11.7 Å². The first kappa shape index (κ1) is 16.7. The molecule has 0 saturated carbocycles. The molecule has 0 aliphatic carbocycles. The van der Waals surface area contributed by atoms with E-state index in [0.717, 1.165) is 15.7 Å². The molecule has 24 heavy (non-hydrogen) atoms. The van der Waals surface area contributed by atoms with Crippen LogP contribution in [0.5, 0.6) is 0 Å². The molecular formula is C17H15BrN4OS. The summed E-state index contributed by atoms with van der Waals surface area (Å²) in [6.45, 7) is 2.04. The molecule has 0 spiro atoms. The lowest BCUT2D eigenvalue weighted by atomic mass is 10.1. The van der Waals surface area contributed by atoms with Crippen LogP contribution in [0.2, 0.25) is 0 Å². The van der Waals surface area contributed by atoms with Crippen LogP contribution < -0.4 is 5.32 Å². The Morgan fingerprint density at radius 3 is 2.79 bits per heavy atom. The fourth-order valence-electron chi connectivity index (χ4n) is 2.04. The molecular weight excluding hydrogens is 388 g/mol. The lowest BCUT2D eigenvalue weighted by molar-refractivity contribution is -0.113. The summed E-state index contributed by atoms with van der Waals surface area (Å²) in [4.78, 5) is 16.4. The molecule has 1 heterocycles. The highest BCUT2D eigenvalue weighted by molar-refractivity contribution is 9.10. The molecule has 2 N–H and O–H groups in total. The van der Waals surface area contributed by atoms with Crippen LogP contribution >= 0.6 is 27.7 Å². The van der Waals surface area contributed by atoms with E-state index >= 15 is 0 Å². The first-order valence-electron chi connectivity index (χ1n) is 7.28. The lowest BCUT2D eigenvalue weighted by Crippen LogP contribution is -2.14. The quantitative estimate of drug-likeness (QED) is 0.624. The Morgan fingerprint density at radius 1 is 1.25 bits per heavy atom. The Hall–Kier alpha value is -2.12. The number of hydrogen-bond acceptors (Lipinski definition) is 4. The van der Waals surface area contributed by atoms with E-state index < -0.39 is 0 Å². The standard InChI is InChI=1S/C17H15BrN4OS/c1-11-5-7-12(8-6-11)16-20-17(22-21-16)24-10-15(23)19-14-4-2-3-13(18)9-14/h2-9H,10H2,1H3,(H,19,23)(H,20,21,22). The minimum Gasteiger partial charge on any atom is -0.325 e. The zero-order chi connectivity index (χ0) is 16.9. The van der Waals surface area contributed by atoms with Crippen molar-refractivity contribution < 1.29 is 4.79 Å². The van der Waals surface area contributed by atoms with Gasteiger partial charge in [0.1, 0.15) is 0 Å². The van der Waals surface area contributed by atoms with Crippen LogP contribution in [-0.4, -0.2) is 26.8 Å². The molecule has 0 radical (unpaired) electrons. The van der Waals surface area contributed by atoms with Gasteiger partial charge < -0.3 is 5.32 Å².